The maximum atomic E-state index is 12.3. The minimum Gasteiger partial charge on any atom is -0.496 e. The molecule has 0 aliphatic rings. The van der Waals surface area contributed by atoms with Crippen molar-refractivity contribution in [3.63, 3.8) is 0 Å². The third-order valence-electron chi connectivity index (χ3n) is 3.23. The molecule has 0 aliphatic carbocycles. The van der Waals surface area contributed by atoms with Crippen LogP contribution in [0.4, 0.5) is 0 Å². The Bertz CT molecular complexity index is 765. The van der Waals surface area contributed by atoms with E-state index >= 15 is 0 Å². The Morgan fingerprint density at radius 1 is 1.22 bits per heavy atom. The van der Waals surface area contributed by atoms with E-state index in [1.807, 2.05) is 24.3 Å². The van der Waals surface area contributed by atoms with Gasteiger partial charge in [-0.2, -0.15) is 0 Å². The van der Waals surface area contributed by atoms with Gasteiger partial charge in [0.05, 0.1) is 13.5 Å². The average molecular weight is 375 g/mol. The third-order valence-corrected chi connectivity index (χ3v) is 3.95. The highest BCUT2D eigenvalue weighted by molar-refractivity contribution is 9.10. The second-order valence-corrected chi connectivity index (χ2v) is 5.67. The molecule has 0 atom stereocenters. The van der Waals surface area contributed by atoms with E-state index in [1.165, 1.54) is 13.2 Å². The number of hydrogen-bond acceptors (Lipinski definition) is 3. The predicted molar refractivity (Wildman–Crippen MR) is 91.8 cm³/mol. The van der Waals surface area contributed by atoms with Crippen LogP contribution in [0.5, 0.6) is 5.75 Å². The number of benzene rings is 2. The number of ketones is 1. The molecule has 0 spiro atoms. The van der Waals surface area contributed by atoms with Gasteiger partial charge in [0.25, 0.3) is 0 Å². The lowest BCUT2D eigenvalue weighted by atomic mass is 10.0. The Hall–Kier alpha value is -2.40. The summed E-state index contributed by atoms with van der Waals surface area (Å²) < 4.78 is 6.02. The molecule has 0 aromatic heterocycles. The average Bonchev–Trinajstić information content (AvgIpc) is 2.53. The van der Waals surface area contributed by atoms with Crippen molar-refractivity contribution in [1.29, 1.82) is 0 Å². The van der Waals surface area contributed by atoms with Gasteiger partial charge in [0.15, 0.2) is 5.78 Å². The molecule has 0 bridgehead atoms. The van der Waals surface area contributed by atoms with Crippen LogP contribution in [0.2, 0.25) is 0 Å². The SMILES string of the molecule is COc1ccc(C(=O)/C=C/c2ccccc2Br)cc1CC(=O)O. The van der Waals surface area contributed by atoms with Crippen molar-refractivity contribution < 1.29 is 19.4 Å². The highest BCUT2D eigenvalue weighted by Crippen LogP contribution is 2.22. The van der Waals surface area contributed by atoms with Crippen LogP contribution < -0.4 is 4.74 Å². The molecule has 0 aliphatic heterocycles. The Labute approximate surface area is 142 Å². The minimum atomic E-state index is -0.975. The maximum Gasteiger partial charge on any atom is 0.307 e. The fraction of sp³-hybridized carbons (Fsp3) is 0.111. The fourth-order valence-corrected chi connectivity index (χ4v) is 2.52. The van der Waals surface area contributed by atoms with Crippen molar-refractivity contribution in [2.24, 2.45) is 0 Å². The van der Waals surface area contributed by atoms with E-state index in [2.05, 4.69) is 15.9 Å². The van der Waals surface area contributed by atoms with Crippen molar-refractivity contribution in [3.05, 3.63) is 69.7 Å². The number of allylic oxidation sites excluding steroid dienone is 1. The number of halogens is 1. The molecule has 23 heavy (non-hydrogen) atoms. The quantitative estimate of drug-likeness (QED) is 0.613. The third kappa shape index (κ3) is 4.53. The Morgan fingerprint density at radius 2 is 1.96 bits per heavy atom. The van der Waals surface area contributed by atoms with Crippen molar-refractivity contribution in [3.8, 4) is 5.75 Å². The van der Waals surface area contributed by atoms with Crippen molar-refractivity contribution >= 4 is 33.8 Å². The Balaban J connectivity index is 2.25. The lowest BCUT2D eigenvalue weighted by molar-refractivity contribution is -0.136. The van der Waals surface area contributed by atoms with E-state index in [-0.39, 0.29) is 12.2 Å². The molecule has 2 aromatic carbocycles. The van der Waals surface area contributed by atoms with Crippen LogP contribution in [0, 0.1) is 0 Å². The normalized spacial score (nSPS) is 10.7. The van der Waals surface area contributed by atoms with Gasteiger partial charge in [-0.25, -0.2) is 0 Å². The summed E-state index contributed by atoms with van der Waals surface area (Å²) in [7, 11) is 1.47. The first kappa shape index (κ1) is 17.0. The zero-order valence-corrected chi connectivity index (χ0v) is 14.0. The number of methoxy groups -OCH3 is 1. The maximum absolute atomic E-state index is 12.3. The first-order valence-electron chi connectivity index (χ1n) is 6.87. The van der Waals surface area contributed by atoms with E-state index in [4.69, 9.17) is 9.84 Å². The zero-order valence-electron chi connectivity index (χ0n) is 12.5. The van der Waals surface area contributed by atoms with E-state index in [9.17, 15) is 9.59 Å². The topological polar surface area (TPSA) is 63.6 Å². The summed E-state index contributed by atoms with van der Waals surface area (Å²) in [6, 6.07) is 12.3. The summed E-state index contributed by atoms with van der Waals surface area (Å²) in [6.07, 6.45) is 2.98. The number of ether oxygens (including phenoxy) is 1. The predicted octanol–water partition coefficient (Wildman–Crippen LogP) is 3.98. The minimum absolute atomic E-state index is 0.196. The smallest absolute Gasteiger partial charge is 0.307 e. The molecule has 0 amide bonds. The monoisotopic (exact) mass is 374 g/mol. The summed E-state index contributed by atoms with van der Waals surface area (Å²) in [5, 5.41) is 8.94. The number of hydrogen-bond donors (Lipinski definition) is 1. The van der Waals surface area contributed by atoms with E-state index < -0.39 is 5.97 Å². The van der Waals surface area contributed by atoms with Crippen molar-refractivity contribution in [1.82, 2.24) is 0 Å². The van der Waals surface area contributed by atoms with Crippen LogP contribution in [0.1, 0.15) is 21.5 Å². The number of carbonyl (C=O) groups is 2. The van der Waals surface area contributed by atoms with Crippen LogP contribution in [0.25, 0.3) is 6.08 Å². The molecule has 0 saturated heterocycles. The number of carboxylic acid groups (broad SMARTS) is 1. The zero-order chi connectivity index (χ0) is 16.8. The summed E-state index contributed by atoms with van der Waals surface area (Å²) in [5.74, 6) is -0.717. The van der Waals surface area contributed by atoms with Gasteiger partial charge in [-0.1, -0.05) is 34.1 Å². The number of aliphatic carboxylic acids is 1. The highest BCUT2D eigenvalue weighted by atomic mass is 79.9. The van der Waals surface area contributed by atoms with Gasteiger partial charge in [0.1, 0.15) is 5.75 Å². The second-order valence-electron chi connectivity index (χ2n) is 4.82. The molecule has 4 nitrogen and oxygen atoms in total. The van der Waals surface area contributed by atoms with Gasteiger partial charge in [-0.3, -0.25) is 9.59 Å². The van der Waals surface area contributed by atoms with Crippen molar-refractivity contribution in [2.45, 2.75) is 6.42 Å². The fourth-order valence-electron chi connectivity index (χ4n) is 2.10. The molecule has 0 unspecified atom stereocenters. The first-order chi connectivity index (χ1) is 11.0. The molecule has 5 heteroatoms. The van der Waals surface area contributed by atoms with Crippen molar-refractivity contribution in [2.75, 3.05) is 7.11 Å². The van der Waals surface area contributed by atoms with Crippen LogP contribution in [0.3, 0.4) is 0 Å². The largest absolute Gasteiger partial charge is 0.496 e. The molecule has 0 heterocycles. The van der Waals surface area contributed by atoms with Crippen LogP contribution in [0.15, 0.2) is 53.0 Å². The van der Waals surface area contributed by atoms with Crippen LogP contribution >= 0.6 is 15.9 Å². The standard InChI is InChI=1S/C18H15BrO4/c1-23-17-9-7-13(10-14(17)11-18(21)22)16(20)8-6-12-4-2-3-5-15(12)19/h2-10H,11H2,1H3,(H,21,22)/b8-6+. The summed E-state index contributed by atoms with van der Waals surface area (Å²) in [5.41, 5.74) is 1.78. The summed E-state index contributed by atoms with van der Waals surface area (Å²) >= 11 is 3.42. The molecule has 1 N–H and O–H groups in total. The summed E-state index contributed by atoms with van der Waals surface area (Å²) in [6.45, 7) is 0. The van der Waals surface area contributed by atoms with Gasteiger partial charge in [0, 0.05) is 15.6 Å². The molecule has 2 rings (SSSR count). The molecular weight excluding hydrogens is 360 g/mol. The molecule has 0 radical (unpaired) electrons. The van der Waals surface area contributed by atoms with Gasteiger partial charge >= 0.3 is 5.97 Å². The Morgan fingerprint density at radius 3 is 2.61 bits per heavy atom. The molecule has 2 aromatic rings. The second kappa shape index (κ2) is 7.74. The molecule has 0 fully saturated rings. The highest BCUT2D eigenvalue weighted by Gasteiger charge is 2.11. The molecule has 118 valence electrons. The van der Waals surface area contributed by atoms with E-state index in [0.717, 1.165) is 10.0 Å². The van der Waals surface area contributed by atoms with Gasteiger partial charge in [-0.05, 0) is 42.0 Å². The lowest BCUT2D eigenvalue weighted by Crippen LogP contribution is -2.04. The van der Waals surface area contributed by atoms with E-state index in [0.29, 0.717) is 16.9 Å². The number of rotatable bonds is 6. The van der Waals surface area contributed by atoms with Gasteiger partial charge in [-0.15, -0.1) is 0 Å². The van der Waals surface area contributed by atoms with E-state index in [1.54, 1.807) is 24.3 Å². The number of carbonyl (C=O) groups excluding carboxylic acids is 1. The van der Waals surface area contributed by atoms with Gasteiger partial charge < -0.3 is 9.84 Å². The summed E-state index contributed by atoms with van der Waals surface area (Å²) in [4.78, 5) is 23.2. The molecule has 0 saturated carbocycles. The molecular formula is C18H15BrO4. The Kier molecular flexibility index (Phi) is 5.71. The van der Waals surface area contributed by atoms with Crippen LogP contribution in [-0.4, -0.2) is 24.0 Å². The first-order valence-corrected chi connectivity index (χ1v) is 7.66. The van der Waals surface area contributed by atoms with Crippen LogP contribution in [-0.2, 0) is 11.2 Å². The number of carboxylic acids is 1. The van der Waals surface area contributed by atoms with Gasteiger partial charge in [0.2, 0.25) is 0 Å². The lowest BCUT2D eigenvalue weighted by Gasteiger charge is -2.08.